The van der Waals surface area contributed by atoms with Crippen LogP contribution in [0.25, 0.3) is 44.7 Å². The first-order valence-electron chi connectivity index (χ1n) is 40.8. The summed E-state index contributed by atoms with van der Waals surface area (Å²) in [5, 5.41) is 38.9. The molecular formula is C83H113N29O6. The Morgan fingerprint density at radius 2 is 1.16 bits per heavy atom. The topological polar surface area (TPSA) is 336 Å². The molecule has 35 nitrogen and oxygen atoms in total. The van der Waals surface area contributed by atoms with Gasteiger partial charge in [0.05, 0.1) is 74.3 Å². The number of imidazole rings is 5. The second-order valence-electron chi connectivity index (χ2n) is 31.3. The van der Waals surface area contributed by atoms with E-state index in [1.807, 2.05) is 184 Å². The SMILES string of the molecule is C/C=C/CN1N=C(C)Cn2c1nc1c2c(=O)n(CC(C)C)c(=O)n1C.C/C=C/Cc1nn(C)c2nc3n(c2c1=O)C(C)C(C)=NN3CC.C=CCN1N=C(C)C(C)c2c1nc1n2C(=O)N(CCC)CN1C.CC1=NCc2nc3c(c(=O)c(Cc4cccc(C)c4)nn3C)n2C1C.CCCc1nn(C)c2nc3n(c2c1=O)CC(C)=NN3CCC. The van der Waals surface area contributed by atoms with Gasteiger partial charge < -0.3 is 14.4 Å². The molecule has 0 aliphatic carbocycles. The zero-order chi connectivity index (χ0) is 85.3. The van der Waals surface area contributed by atoms with Gasteiger partial charge in [0.25, 0.3) is 5.56 Å². The van der Waals surface area contributed by atoms with Crippen molar-refractivity contribution in [3.63, 3.8) is 0 Å². The predicted octanol–water partition coefficient (Wildman–Crippen LogP) is 10.1. The van der Waals surface area contributed by atoms with E-state index in [2.05, 4.69) is 121 Å². The lowest BCUT2D eigenvalue weighted by molar-refractivity contribution is 0.193. The van der Waals surface area contributed by atoms with Crippen LogP contribution < -0.4 is 52.5 Å². The van der Waals surface area contributed by atoms with E-state index >= 15 is 0 Å². The zero-order valence-corrected chi connectivity index (χ0v) is 72.4. The maximum Gasteiger partial charge on any atom is 0.332 e. The summed E-state index contributed by atoms with van der Waals surface area (Å²) in [5.41, 5.74) is 13.6. The number of aromatic nitrogens is 18. The van der Waals surface area contributed by atoms with Crippen molar-refractivity contribution in [3.05, 3.63) is 152 Å². The molecule has 0 saturated heterocycles. The van der Waals surface area contributed by atoms with Crippen molar-refractivity contribution in [1.82, 2.24) is 91.1 Å². The minimum absolute atomic E-state index is 0.000140. The first-order chi connectivity index (χ1) is 56.3. The largest absolute Gasteiger partial charge is 0.332 e. The van der Waals surface area contributed by atoms with E-state index < -0.39 is 0 Å². The van der Waals surface area contributed by atoms with Gasteiger partial charge in [-0.05, 0) is 107 Å². The second kappa shape index (κ2) is 35.2. The van der Waals surface area contributed by atoms with Crippen LogP contribution in [-0.2, 0) is 73.6 Å². The Balaban J connectivity index is 0.000000136. The molecule has 15 heterocycles. The predicted molar refractivity (Wildman–Crippen MR) is 470 cm³/mol. The Morgan fingerprint density at radius 1 is 0.576 bits per heavy atom. The Labute approximate surface area is 685 Å². The first kappa shape index (κ1) is 85.1. The summed E-state index contributed by atoms with van der Waals surface area (Å²) in [6.45, 7) is 43.9. The van der Waals surface area contributed by atoms with Gasteiger partial charge >= 0.3 is 11.7 Å². The number of carbonyl (C=O) groups excluding carboxylic acids is 1. The zero-order valence-electron chi connectivity index (χ0n) is 72.4. The molecule has 16 rings (SSSR count). The number of nitrogens with zero attached hydrogens (tertiary/aromatic N) is 29. The summed E-state index contributed by atoms with van der Waals surface area (Å²) in [6.07, 6.45) is 14.1. The fourth-order valence-corrected chi connectivity index (χ4v) is 15.5. The van der Waals surface area contributed by atoms with Gasteiger partial charge in [0.15, 0.2) is 33.9 Å². The number of amides is 1. The average molecular weight is 1610 g/mol. The van der Waals surface area contributed by atoms with Crippen molar-refractivity contribution in [1.29, 1.82) is 0 Å². The number of fused-ring (bicyclic) bond motifs is 15. The summed E-state index contributed by atoms with van der Waals surface area (Å²) in [6, 6.07) is 8.23. The maximum absolute atomic E-state index is 13.2. The highest BCUT2D eigenvalue weighted by molar-refractivity contribution is 5.96. The van der Waals surface area contributed by atoms with Crippen molar-refractivity contribution in [2.45, 2.75) is 200 Å². The molecule has 1 aromatic carbocycles. The summed E-state index contributed by atoms with van der Waals surface area (Å²) in [5.74, 6) is 4.58. The number of hydrazone groups is 4. The molecule has 0 N–H and O–H groups in total. The van der Waals surface area contributed by atoms with Crippen molar-refractivity contribution < 1.29 is 4.79 Å². The van der Waals surface area contributed by atoms with Crippen molar-refractivity contribution in [2.75, 3.05) is 71.4 Å². The number of allylic oxidation sites excluding steroid dienone is 3. The van der Waals surface area contributed by atoms with Crippen LogP contribution in [0.2, 0.25) is 0 Å². The molecule has 0 bridgehead atoms. The highest BCUT2D eigenvalue weighted by Gasteiger charge is 2.39. The number of carbonyl (C=O) groups is 1. The van der Waals surface area contributed by atoms with E-state index in [4.69, 9.17) is 4.98 Å². The summed E-state index contributed by atoms with van der Waals surface area (Å²) < 4.78 is 17.5. The van der Waals surface area contributed by atoms with E-state index in [-0.39, 0.29) is 57.5 Å². The smallest absolute Gasteiger partial charge is 0.327 e. The molecule has 0 radical (unpaired) electrons. The van der Waals surface area contributed by atoms with Crippen LogP contribution in [0.4, 0.5) is 34.4 Å². The minimum Gasteiger partial charge on any atom is -0.327 e. The summed E-state index contributed by atoms with van der Waals surface area (Å²) in [4.78, 5) is 109. The molecule has 626 valence electrons. The van der Waals surface area contributed by atoms with Crippen molar-refractivity contribution in [2.24, 2.45) is 59.5 Å². The second-order valence-corrected chi connectivity index (χ2v) is 31.3. The number of hydrogen-bond donors (Lipinski definition) is 0. The van der Waals surface area contributed by atoms with Gasteiger partial charge in [-0.25, -0.2) is 53.2 Å². The average Bonchev–Trinajstić information content (AvgIpc) is 1.60. The van der Waals surface area contributed by atoms with E-state index in [1.54, 1.807) is 36.7 Å². The third-order valence-electron chi connectivity index (χ3n) is 21.6. The van der Waals surface area contributed by atoms with Crippen LogP contribution in [0.5, 0.6) is 0 Å². The third-order valence-corrected chi connectivity index (χ3v) is 21.6. The molecule has 1 amide bonds. The number of anilines is 5. The minimum atomic E-state index is -0.334. The lowest BCUT2D eigenvalue weighted by Crippen LogP contribution is -2.49. The fraction of sp³-hybridized carbons (Fsp3) is 0.506. The van der Waals surface area contributed by atoms with Gasteiger partial charge in [-0.15, -0.1) is 6.58 Å². The molecule has 0 spiro atoms. The molecule has 3 atom stereocenters. The summed E-state index contributed by atoms with van der Waals surface area (Å²) >= 11 is 0. The van der Waals surface area contributed by atoms with Crippen LogP contribution in [-0.4, -0.2) is 172 Å². The van der Waals surface area contributed by atoms with E-state index in [1.165, 1.54) is 14.7 Å². The Bertz CT molecular complexity index is 6110. The summed E-state index contributed by atoms with van der Waals surface area (Å²) in [7, 11) is 9.14. The number of aliphatic imine (C=N–C) groups is 1. The Hall–Kier alpha value is -12.3. The third kappa shape index (κ3) is 16.1. The van der Waals surface area contributed by atoms with Gasteiger partial charge in [0.2, 0.25) is 40.1 Å². The van der Waals surface area contributed by atoms with Gasteiger partial charge in [-0.1, -0.05) is 108 Å². The number of hydrogen-bond acceptors (Lipinski definition) is 24. The Kier molecular flexibility index (Phi) is 25.4. The van der Waals surface area contributed by atoms with E-state index in [0.717, 1.165) is 89.8 Å². The number of rotatable bonds is 17. The normalized spacial score (nSPS) is 16.8. The maximum atomic E-state index is 13.2. The van der Waals surface area contributed by atoms with E-state index in [0.29, 0.717) is 151 Å². The lowest BCUT2D eigenvalue weighted by atomic mass is 10.0. The van der Waals surface area contributed by atoms with Gasteiger partial charge in [-0.3, -0.25) is 47.0 Å². The monoisotopic (exact) mass is 1610 g/mol. The molecule has 9 aromatic heterocycles. The van der Waals surface area contributed by atoms with E-state index in [9.17, 15) is 28.8 Å². The molecule has 10 aromatic rings. The van der Waals surface area contributed by atoms with Crippen LogP contribution in [0.15, 0.2) is 111 Å². The standard InChI is InChI=1S/C19H21N5O.C17H24N6O2.C16H22N6O.C16H24N6O.C15H22N6O/c1-11-6-5-7-14(8-11)9-15-18(25)17-19(23(4)22-15)21-16-10-20-12(2)13(3)24(16)17;1-6-7-8-23-16-18-14-13(21(16)10-12(4)19-23)15(24)22(9-11(2)3)17(25)20(14)5;1-6-8-9-12-14(23)13-15(20(5)19-12)17-16-21(7-2)18-10(3)11(4)22(13)16;1-6-8-20-10-19(5)15-17-14-13(22(15)16(20)23)11(3)12(4)18-21(14)9-7-2;1-5-7-11-13(22)12-14(19(4)18-11)16-15-20(12)9-10(3)17-21(15)8-6-2/h5-8,13H,9-10H2,1-4H3;6-7,11H,8-10H2,1-5H3;6,8,11H,7,9H2,1-5H3;7,11H,2,6,8-10H2,1,3-5H3;5-9H2,1-4H3/b;7-6+;8-6+;;. The van der Waals surface area contributed by atoms with Gasteiger partial charge in [0, 0.05) is 91.6 Å². The highest BCUT2D eigenvalue weighted by Crippen LogP contribution is 2.39. The van der Waals surface area contributed by atoms with Gasteiger partial charge in [-0.2, -0.15) is 55.6 Å². The van der Waals surface area contributed by atoms with Crippen LogP contribution in [0, 0.1) is 12.8 Å². The lowest BCUT2D eigenvalue weighted by Gasteiger charge is -2.35. The highest BCUT2D eigenvalue weighted by atomic mass is 16.2. The Morgan fingerprint density at radius 3 is 1.81 bits per heavy atom. The van der Waals surface area contributed by atoms with Crippen LogP contribution in [0.1, 0.15) is 188 Å². The quantitative estimate of drug-likeness (QED) is 0.0765. The first-order valence-corrected chi connectivity index (χ1v) is 40.8. The molecule has 0 fully saturated rings. The number of benzene rings is 1. The van der Waals surface area contributed by atoms with Crippen LogP contribution >= 0.6 is 0 Å². The van der Waals surface area contributed by atoms with Crippen molar-refractivity contribution in [3.8, 4) is 0 Å². The molecule has 118 heavy (non-hydrogen) atoms. The molecular weight excluding hydrogens is 1500 g/mol. The molecule has 35 heteroatoms. The fourth-order valence-electron chi connectivity index (χ4n) is 15.5. The number of aryl methyl sites for hydroxylation is 6. The van der Waals surface area contributed by atoms with Crippen molar-refractivity contribution >= 4 is 109 Å². The molecule has 6 aliphatic heterocycles. The molecule has 3 unspecified atom stereocenters. The molecule has 6 aliphatic rings. The van der Waals surface area contributed by atoms with Crippen LogP contribution in [0.3, 0.4) is 0 Å². The van der Waals surface area contributed by atoms with Gasteiger partial charge in [0.1, 0.15) is 39.5 Å². The molecule has 0 saturated carbocycles.